The predicted octanol–water partition coefficient (Wildman–Crippen LogP) is 1.22. The normalized spacial score (nSPS) is 13.6. The monoisotopic (exact) mass is 314 g/mol. The van der Waals surface area contributed by atoms with E-state index in [1.807, 2.05) is 34.7 Å². The van der Waals surface area contributed by atoms with E-state index in [1.54, 1.807) is 0 Å². The van der Waals surface area contributed by atoms with Crippen LogP contribution in [-0.2, 0) is 19.1 Å². The first-order valence-corrected chi connectivity index (χ1v) is 7.50. The zero-order chi connectivity index (χ0) is 17.6. The van der Waals surface area contributed by atoms with Crippen molar-refractivity contribution < 1.29 is 19.1 Å². The second kappa shape index (κ2) is 8.39. The van der Waals surface area contributed by atoms with Crippen molar-refractivity contribution in [2.75, 3.05) is 13.7 Å². The molecule has 0 radical (unpaired) electrons. The SMILES string of the molecule is CNC(C)(C)COC(C)(C)CC(=O)NC(CC(C)=O)C(C)=O. The van der Waals surface area contributed by atoms with E-state index in [9.17, 15) is 14.4 Å². The van der Waals surface area contributed by atoms with E-state index in [2.05, 4.69) is 10.6 Å². The summed E-state index contributed by atoms with van der Waals surface area (Å²) in [6, 6.07) is -0.755. The van der Waals surface area contributed by atoms with E-state index in [0.29, 0.717) is 6.61 Å². The lowest BCUT2D eigenvalue weighted by atomic mass is 10.0. The lowest BCUT2D eigenvalue weighted by Crippen LogP contribution is -2.46. The number of Topliss-reactive ketones (excluding diaryl/α,β-unsaturated/α-hetero) is 2. The molecular formula is C16H30N2O4. The highest BCUT2D eigenvalue weighted by atomic mass is 16.5. The third-order valence-corrected chi connectivity index (χ3v) is 3.40. The molecule has 0 fully saturated rings. The smallest absolute Gasteiger partial charge is 0.223 e. The molecule has 1 unspecified atom stereocenters. The molecule has 128 valence electrons. The summed E-state index contributed by atoms with van der Waals surface area (Å²) in [6.45, 7) is 10.9. The van der Waals surface area contributed by atoms with Crippen LogP contribution in [0.3, 0.4) is 0 Å². The minimum Gasteiger partial charge on any atom is -0.373 e. The van der Waals surface area contributed by atoms with Gasteiger partial charge in [0.25, 0.3) is 0 Å². The number of carbonyl (C=O) groups is 3. The van der Waals surface area contributed by atoms with Crippen molar-refractivity contribution in [2.45, 2.75) is 71.6 Å². The minimum atomic E-state index is -0.755. The Kier molecular flexibility index (Phi) is 7.90. The zero-order valence-electron chi connectivity index (χ0n) is 14.8. The standard InChI is InChI=1S/C16H30N2O4/c1-11(19)8-13(12(2)20)18-14(21)9-16(5,6)22-10-15(3,4)17-7/h13,17H,8-10H2,1-7H3,(H,18,21). The lowest BCUT2D eigenvalue weighted by Gasteiger charge is -2.31. The first-order valence-electron chi connectivity index (χ1n) is 7.50. The van der Waals surface area contributed by atoms with Gasteiger partial charge in [-0.2, -0.15) is 0 Å². The van der Waals surface area contributed by atoms with Crippen LogP contribution in [-0.4, -0.2) is 48.3 Å². The molecular weight excluding hydrogens is 284 g/mol. The molecule has 0 saturated heterocycles. The van der Waals surface area contributed by atoms with Crippen molar-refractivity contribution in [2.24, 2.45) is 0 Å². The van der Waals surface area contributed by atoms with Gasteiger partial charge >= 0.3 is 0 Å². The van der Waals surface area contributed by atoms with Gasteiger partial charge < -0.3 is 15.4 Å². The fraction of sp³-hybridized carbons (Fsp3) is 0.812. The molecule has 0 aliphatic heterocycles. The Bertz CT molecular complexity index is 416. The summed E-state index contributed by atoms with van der Waals surface area (Å²) in [5, 5.41) is 5.74. The van der Waals surface area contributed by atoms with E-state index in [1.165, 1.54) is 13.8 Å². The van der Waals surface area contributed by atoms with Crippen molar-refractivity contribution in [3.63, 3.8) is 0 Å². The van der Waals surface area contributed by atoms with Gasteiger partial charge in [-0.25, -0.2) is 0 Å². The van der Waals surface area contributed by atoms with Gasteiger partial charge in [-0.3, -0.25) is 14.4 Å². The second-order valence-electron chi connectivity index (χ2n) is 7.00. The molecule has 0 aliphatic rings. The van der Waals surface area contributed by atoms with E-state index >= 15 is 0 Å². The highest BCUT2D eigenvalue weighted by Gasteiger charge is 2.28. The number of nitrogens with one attached hydrogen (secondary N) is 2. The van der Waals surface area contributed by atoms with E-state index in [0.717, 1.165) is 0 Å². The van der Waals surface area contributed by atoms with Crippen molar-refractivity contribution in [3.05, 3.63) is 0 Å². The fourth-order valence-corrected chi connectivity index (χ4v) is 1.71. The average Bonchev–Trinajstić information content (AvgIpc) is 2.34. The van der Waals surface area contributed by atoms with Crippen LogP contribution in [0.15, 0.2) is 0 Å². The maximum atomic E-state index is 12.1. The molecule has 1 atom stereocenters. The molecule has 0 aliphatic carbocycles. The fourth-order valence-electron chi connectivity index (χ4n) is 1.71. The van der Waals surface area contributed by atoms with Crippen molar-refractivity contribution in [1.82, 2.24) is 10.6 Å². The Labute approximate surface area is 133 Å². The van der Waals surface area contributed by atoms with Crippen molar-refractivity contribution in [3.8, 4) is 0 Å². The van der Waals surface area contributed by atoms with Crippen molar-refractivity contribution >= 4 is 17.5 Å². The van der Waals surface area contributed by atoms with Gasteiger partial charge in [0.1, 0.15) is 5.78 Å². The summed E-state index contributed by atoms with van der Waals surface area (Å²) in [5.74, 6) is -0.654. The molecule has 0 saturated carbocycles. The molecule has 6 heteroatoms. The van der Waals surface area contributed by atoms with E-state index < -0.39 is 11.6 Å². The first kappa shape index (κ1) is 20.7. The van der Waals surface area contributed by atoms with Crippen LogP contribution >= 0.6 is 0 Å². The molecule has 0 bridgehead atoms. The second-order valence-corrected chi connectivity index (χ2v) is 7.00. The summed E-state index contributed by atoms with van der Waals surface area (Å²) in [4.78, 5) is 34.7. The average molecular weight is 314 g/mol. The summed E-state index contributed by atoms with van der Waals surface area (Å²) in [7, 11) is 1.85. The number of likely N-dealkylation sites (N-methyl/N-ethyl adjacent to an activating group) is 1. The number of hydrogen-bond donors (Lipinski definition) is 2. The quantitative estimate of drug-likeness (QED) is 0.633. The maximum absolute atomic E-state index is 12.1. The highest BCUT2D eigenvalue weighted by molar-refractivity contribution is 5.92. The molecule has 0 aromatic carbocycles. The summed E-state index contributed by atoms with van der Waals surface area (Å²) in [5.41, 5.74) is -0.847. The Balaban J connectivity index is 4.54. The van der Waals surface area contributed by atoms with Crippen LogP contribution in [0, 0.1) is 0 Å². The highest BCUT2D eigenvalue weighted by Crippen LogP contribution is 2.17. The number of hydrogen-bond acceptors (Lipinski definition) is 5. The van der Waals surface area contributed by atoms with Crippen LogP contribution in [0.25, 0.3) is 0 Å². The number of amides is 1. The van der Waals surface area contributed by atoms with Gasteiger partial charge in [-0.05, 0) is 48.6 Å². The lowest BCUT2D eigenvalue weighted by molar-refractivity contribution is -0.133. The molecule has 0 spiro atoms. The first-order chi connectivity index (χ1) is 9.88. The van der Waals surface area contributed by atoms with Gasteiger partial charge in [0, 0.05) is 12.0 Å². The van der Waals surface area contributed by atoms with Gasteiger partial charge in [0.05, 0.1) is 24.7 Å². The van der Waals surface area contributed by atoms with Gasteiger partial charge in [0.2, 0.25) is 5.91 Å². The van der Waals surface area contributed by atoms with Crippen LogP contribution in [0.4, 0.5) is 0 Å². The Morgan fingerprint density at radius 2 is 1.64 bits per heavy atom. The predicted molar refractivity (Wildman–Crippen MR) is 85.7 cm³/mol. The maximum Gasteiger partial charge on any atom is 0.223 e. The zero-order valence-corrected chi connectivity index (χ0v) is 14.8. The van der Waals surface area contributed by atoms with Crippen molar-refractivity contribution in [1.29, 1.82) is 0 Å². The summed E-state index contributed by atoms with van der Waals surface area (Å²) < 4.78 is 5.80. The van der Waals surface area contributed by atoms with Gasteiger partial charge in [0.15, 0.2) is 5.78 Å². The Morgan fingerprint density at radius 1 is 1.09 bits per heavy atom. The molecule has 2 N–H and O–H groups in total. The van der Waals surface area contributed by atoms with E-state index in [4.69, 9.17) is 4.74 Å². The number of ether oxygens (including phenoxy) is 1. The summed E-state index contributed by atoms with van der Waals surface area (Å²) >= 11 is 0. The Hall–Kier alpha value is -1.27. The van der Waals surface area contributed by atoms with Crippen LogP contribution in [0.5, 0.6) is 0 Å². The van der Waals surface area contributed by atoms with E-state index in [-0.39, 0.29) is 35.9 Å². The summed E-state index contributed by atoms with van der Waals surface area (Å²) in [6.07, 6.45) is 0.142. The molecule has 0 aromatic heterocycles. The minimum absolute atomic E-state index is 0.0230. The number of ketones is 2. The third-order valence-electron chi connectivity index (χ3n) is 3.40. The molecule has 0 heterocycles. The largest absolute Gasteiger partial charge is 0.373 e. The molecule has 0 aromatic rings. The number of carbonyl (C=O) groups excluding carboxylic acids is 3. The van der Waals surface area contributed by atoms with Gasteiger partial charge in [-0.15, -0.1) is 0 Å². The van der Waals surface area contributed by atoms with Crippen LogP contribution < -0.4 is 10.6 Å². The number of rotatable bonds is 10. The molecule has 22 heavy (non-hydrogen) atoms. The molecule has 1 amide bonds. The topological polar surface area (TPSA) is 84.5 Å². The molecule has 0 rings (SSSR count). The third kappa shape index (κ3) is 8.89. The molecule has 6 nitrogen and oxygen atoms in total. The Morgan fingerprint density at radius 3 is 2.05 bits per heavy atom. The van der Waals surface area contributed by atoms with Crippen LogP contribution in [0.2, 0.25) is 0 Å². The van der Waals surface area contributed by atoms with Crippen LogP contribution in [0.1, 0.15) is 54.4 Å². The van der Waals surface area contributed by atoms with Gasteiger partial charge in [-0.1, -0.05) is 0 Å².